The van der Waals surface area contributed by atoms with Gasteiger partial charge in [-0.05, 0) is 31.9 Å². The molecule has 0 spiro atoms. The fraction of sp³-hybridized carbons (Fsp3) is 0.353. The lowest BCUT2D eigenvalue weighted by molar-refractivity contribution is -0.118. The van der Waals surface area contributed by atoms with Gasteiger partial charge < -0.3 is 10.2 Å². The van der Waals surface area contributed by atoms with Crippen LogP contribution in [-0.2, 0) is 11.2 Å². The number of nitrogens with zero attached hydrogens (tertiary/aromatic N) is 3. The van der Waals surface area contributed by atoms with Gasteiger partial charge in [0.05, 0.1) is 5.25 Å². The van der Waals surface area contributed by atoms with Gasteiger partial charge >= 0.3 is 0 Å². The molecule has 7 heteroatoms. The number of hydrogen-bond donors (Lipinski definition) is 1. The molecule has 1 aliphatic rings. The quantitative estimate of drug-likeness (QED) is 0.630. The van der Waals surface area contributed by atoms with E-state index in [1.165, 1.54) is 28.7 Å². The van der Waals surface area contributed by atoms with Crippen molar-refractivity contribution in [3.05, 3.63) is 42.5 Å². The largest absolute Gasteiger partial charge is 0.357 e. The van der Waals surface area contributed by atoms with Crippen molar-refractivity contribution in [3.8, 4) is 0 Å². The summed E-state index contributed by atoms with van der Waals surface area (Å²) in [7, 11) is 0. The third-order valence-corrected chi connectivity index (χ3v) is 5.93. The second-order valence-corrected chi connectivity index (χ2v) is 8.26. The van der Waals surface area contributed by atoms with Crippen LogP contribution in [0.4, 0.5) is 10.8 Å². The molecule has 0 bridgehead atoms. The second kappa shape index (κ2) is 7.36. The van der Waals surface area contributed by atoms with E-state index in [4.69, 9.17) is 0 Å². The maximum Gasteiger partial charge on any atom is 0.240 e. The number of aromatic nitrogens is 2. The Bertz CT molecular complexity index is 746. The predicted molar refractivity (Wildman–Crippen MR) is 101 cm³/mol. The highest BCUT2D eigenvalue weighted by Gasteiger charge is 2.33. The Labute approximate surface area is 150 Å². The number of anilines is 2. The lowest BCUT2D eigenvalue weighted by Crippen LogP contribution is -2.40. The molecule has 1 aliphatic heterocycles. The minimum absolute atomic E-state index is 0.119. The van der Waals surface area contributed by atoms with Crippen LogP contribution in [0.15, 0.2) is 41.3 Å². The van der Waals surface area contributed by atoms with Crippen molar-refractivity contribution in [1.82, 2.24) is 10.2 Å². The molecule has 24 heavy (non-hydrogen) atoms. The molecular weight excluding hydrogens is 340 g/mol. The van der Waals surface area contributed by atoms with Gasteiger partial charge in [-0.3, -0.25) is 4.79 Å². The van der Waals surface area contributed by atoms with E-state index in [2.05, 4.69) is 35.1 Å². The van der Waals surface area contributed by atoms with Crippen molar-refractivity contribution in [2.24, 2.45) is 0 Å². The fourth-order valence-corrected chi connectivity index (χ4v) is 4.74. The highest BCUT2D eigenvalue weighted by atomic mass is 32.2. The number of rotatable bonds is 6. The van der Waals surface area contributed by atoms with E-state index in [0.717, 1.165) is 21.6 Å². The molecule has 0 saturated carbocycles. The molecule has 0 saturated heterocycles. The van der Waals surface area contributed by atoms with E-state index >= 15 is 0 Å². The van der Waals surface area contributed by atoms with E-state index in [1.807, 2.05) is 30.0 Å². The smallest absolute Gasteiger partial charge is 0.240 e. The average molecular weight is 361 g/mol. The van der Waals surface area contributed by atoms with Crippen LogP contribution >= 0.6 is 23.1 Å². The normalized spacial score (nSPS) is 17.4. The van der Waals surface area contributed by atoms with Gasteiger partial charge in [-0.1, -0.05) is 47.4 Å². The number of carbonyl (C=O) groups is 1. The Morgan fingerprint density at radius 2 is 2.33 bits per heavy atom. The van der Waals surface area contributed by atoms with E-state index in [0.29, 0.717) is 6.54 Å². The van der Waals surface area contributed by atoms with Crippen LogP contribution in [0.2, 0.25) is 0 Å². The van der Waals surface area contributed by atoms with Gasteiger partial charge in [0.25, 0.3) is 0 Å². The second-order valence-electron chi connectivity index (χ2n) is 5.69. The Kier molecular flexibility index (Phi) is 5.20. The maximum atomic E-state index is 12.9. The van der Waals surface area contributed by atoms with Crippen molar-refractivity contribution < 1.29 is 4.79 Å². The summed E-state index contributed by atoms with van der Waals surface area (Å²) in [4.78, 5) is 14.9. The minimum Gasteiger partial charge on any atom is -0.357 e. The molecule has 5 nitrogen and oxygen atoms in total. The van der Waals surface area contributed by atoms with Gasteiger partial charge in [0.1, 0.15) is 0 Å². The lowest BCUT2D eigenvalue weighted by Gasteiger charge is -2.25. The Balaban J connectivity index is 1.69. The van der Waals surface area contributed by atoms with E-state index in [1.54, 1.807) is 6.08 Å². The SMILES string of the molecule is C=CCNc1nnc(S[C@H](C)C(=O)N2c3ccccc3C[C@H]2C)s1. The molecule has 2 heterocycles. The van der Waals surface area contributed by atoms with Gasteiger partial charge in [0.15, 0.2) is 4.34 Å². The standard InChI is InChI=1S/C17H20N4OS2/c1-4-9-18-16-19-20-17(24-16)23-12(3)15(22)21-11(2)10-13-7-5-6-8-14(13)21/h4-8,11-12H,1,9-10H2,2-3H3,(H,18,19)/t11-,12-/m1/s1. The van der Waals surface area contributed by atoms with Crippen LogP contribution in [0, 0.1) is 0 Å². The summed E-state index contributed by atoms with van der Waals surface area (Å²) in [6.45, 7) is 8.34. The molecule has 0 radical (unpaired) electrons. The van der Waals surface area contributed by atoms with Crippen molar-refractivity contribution in [3.63, 3.8) is 0 Å². The fourth-order valence-electron chi connectivity index (χ4n) is 2.79. The third-order valence-electron chi connectivity index (χ3n) is 3.87. The molecule has 1 aromatic heterocycles. The molecule has 0 fully saturated rings. The van der Waals surface area contributed by atoms with Crippen LogP contribution in [0.1, 0.15) is 19.4 Å². The number of carbonyl (C=O) groups excluding carboxylic acids is 1. The van der Waals surface area contributed by atoms with Gasteiger partial charge in [0, 0.05) is 18.3 Å². The summed E-state index contributed by atoms with van der Waals surface area (Å²) in [6, 6.07) is 8.32. The summed E-state index contributed by atoms with van der Waals surface area (Å²) < 4.78 is 0.794. The third kappa shape index (κ3) is 3.47. The molecule has 1 aromatic carbocycles. The Morgan fingerprint density at radius 3 is 3.12 bits per heavy atom. The molecule has 1 amide bonds. The minimum atomic E-state index is -0.209. The Morgan fingerprint density at radius 1 is 1.54 bits per heavy atom. The highest BCUT2D eigenvalue weighted by molar-refractivity contribution is 8.02. The molecule has 2 aromatic rings. The van der Waals surface area contributed by atoms with Crippen molar-refractivity contribution in [2.45, 2.75) is 35.9 Å². The summed E-state index contributed by atoms with van der Waals surface area (Å²) in [5.41, 5.74) is 2.27. The van der Waals surface area contributed by atoms with E-state index < -0.39 is 0 Å². The number of thioether (sulfide) groups is 1. The molecule has 0 aliphatic carbocycles. The number of hydrogen-bond acceptors (Lipinski definition) is 6. The predicted octanol–water partition coefficient (Wildman–Crippen LogP) is 3.59. The lowest BCUT2D eigenvalue weighted by atomic mass is 10.1. The highest BCUT2D eigenvalue weighted by Crippen LogP contribution is 2.35. The zero-order valence-electron chi connectivity index (χ0n) is 13.7. The average Bonchev–Trinajstić information content (AvgIpc) is 3.15. The van der Waals surface area contributed by atoms with Crippen LogP contribution in [0.5, 0.6) is 0 Å². The van der Waals surface area contributed by atoms with E-state index in [-0.39, 0.29) is 17.2 Å². The number of amides is 1. The first kappa shape index (κ1) is 17.0. The molecule has 3 rings (SSSR count). The molecule has 1 N–H and O–H groups in total. The van der Waals surface area contributed by atoms with Gasteiger partial charge in [0.2, 0.25) is 11.0 Å². The number of nitrogens with one attached hydrogen (secondary N) is 1. The van der Waals surface area contributed by atoms with Crippen LogP contribution in [0.3, 0.4) is 0 Å². The summed E-state index contributed by atoms with van der Waals surface area (Å²) >= 11 is 2.92. The van der Waals surface area contributed by atoms with E-state index in [9.17, 15) is 4.79 Å². The summed E-state index contributed by atoms with van der Waals surface area (Å²) in [5, 5.41) is 11.9. The molecule has 126 valence electrons. The molecular formula is C17H20N4OS2. The number of fused-ring (bicyclic) bond motifs is 1. The number of para-hydroxylation sites is 1. The van der Waals surface area contributed by atoms with Crippen molar-refractivity contribution in [2.75, 3.05) is 16.8 Å². The first-order chi connectivity index (χ1) is 11.6. The van der Waals surface area contributed by atoms with Gasteiger partial charge in [-0.15, -0.1) is 16.8 Å². The van der Waals surface area contributed by atoms with Crippen LogP contribution < -0.4 is 10.2 Å². The maximum absolute atomic E-state index is 12.9. The van der Waals surface area contributed by atoms with Crippen LogP contribution in [0.25, 0.3) is 0 Å². The summed E-state index contributed by atoms with van der Waals surface area (Å²) in [5.74, 6) is 0.119. The number of benzene rings is 1. The van der Waals surface area contributed by atoms with Gasteiger partial charge in [-0.2, -0.15) is 0 Å². The molecule has 0 unspecified atom stereocenters. The zero-order chi connectivity index (χ0) is 17.1. The van der Waals surface area contributed by atoms with Crippen molar-refractivity contribution >= 4 is 39.8 Å². The molecule has 2 atom stereocenters. The first-order valence-electron chi connectivity index (χ1n) is 7.86. The first-order valence-corrected chi connectivity index (χ1v) is 9.55. The van der Waals surface area contributed by atoms with Crippen molar-refractivity contribution in [1.29, 1.82) is 0 Å². The Hall–Kier alpha value is -1.86. The van der Waals surface area contributed by atoms with Crippen LogP contribution in [-0.4, -0.2) is 33.9 Å². The summed E-state index contributed by atoms with van der Waals surface area (Å²) in [6.07, 6.45) is 2.68. The zero-order valence-corrected chi connectivity index (χ0v) is 15.4. The topological polar surface area (TPSA) is 58.1 Å². The van der Waals surface area contributed by atoms with Gasteiger partial charge in [-0.25, -0.2) is 0 Å². The monoisotopic (exact) mass is 360 g/mol.